The number of amides is 2. The summed E-state index contributed by atoms with van der Waals surface area (Å²) in [5.41, 5.74) is 3.62. The number of alkyl halides is 3. The van der Waals surface area contributed by atoms with Crippen LogP contribution in [0.5, 0.6) is 0 Å². The van der Waals surface area contributed by atoms with E-state index < -0.39 is 38.2 Å². The summed E-state index contributed by atoms with van der Waals surface area (Å²) in [5, 5.41) is 5.15. The zero-order chi connectivity index (χ0) is 29.2. The van der Waals surface area contributed by atoms with Crippen molar-refractivity contribution in [1.82, 2.24) is 10.6 Å². The molecule has 0 bridgehead atoms. The lowest BCUT2D eigenvalue weighted by molar-refractivity contribution is -0.138. The third kappa shape index (κ3) is 6.10. The highest BCUT2D eigenvalue weighted by Gasteiger charge is 2.42. The maximum absolute atomic E-state index is 14.1. The van der Waals surface area contributed by atoms with Crippen LogP contribution in [0, 0.1) is 0 Å². The Morgan fingerprint density at radius 1 is 0.951 bits per heavy atom. The van der Waals surface area contributed by atoms with Crippen LogP contribution in [0.15, 0.2) is 66.7 Å². The van der Waals surface area contributed by atoms with Crippen molar-refractivity contribution in [3.63, 3.8) is 0 Å². The van der Waals surface area contributed by atoms with Gasteiger partial charge in [-0.2, -0.15) is 13.2 Å². The highest BCUT2D eigenvalue weighted by Crippen LogP contribution is 2.54. The Hall–Kier alpha value is -3.46. The molecule has 2 aliphatic rings. The molecule has 1 aliphatic heterocycles. The third-order valence-corrected chi connectivity index (χ3v) is 9.23. The molecule has 1 aliphatic carbocycles. The molecular weight excluding hydrogens is 556 g/mol. The van der Waals surface area contributed by atoms with E-state index in [1.165, 1.54) is 0 Å². The fourth-order valence-corrected chi connectivity index (χ4v) is 7.27. The van der Waals surface area contributed by atoms with Gasteiger partial charge in [-0.3, -0.25) is 14.2 Å². The summed E-state index contributed by atoms with van der Waals surface area (Å²) in [7, 11) is -3.89. The zero-order valence-electron chi connectivity index (χ0n) is 22.4. The molecule has 41 heavy (non-hydrogen) atoms. The molecule has 3 aromatic rings. The van der Waals surface area contributed by atoms with Crippen LogP contribution in [0.25, 0.3) is 11.1 Å². The maximum atomic E-state index is 14.1. The van der Waals surface area contributed by atoms with E-state index in [1.807, 2.05) is 18.3 Å². The van der Waals surface area contributed by atoms with E-state index in [9.17, 15) is 27.3 Å². The second-order valence-corrected chi connectivity index (χ2v) is 12.1. The van der Waals surface area contributed by atoms with Gasteiger partial charge in [-0.25, -0.2) is 0 Å². The number of hydrogen-bond donors (Lipinski definition) is 2. The van der Waals surface area contributed by atoms with Gasteiger partial charge in [-0.15, -0.1) is 0 Å². The van der Waals surface area contributed by atoms with Gasteiger partial charge in [0.25, 0.3) is 5.91 Å². The zero-order valence-corrected chi connectivity index (χ0v) is 23.3. The Bertz CT molecular complexity index is 1480. The molecule has 2 amide bonds. The van der Waals surface area contributed by atoms with E-state index in [-0.39, 0.29) is 19.1 Å². The SMILES string of the molecule is CCCCc1c(P2(=O)OCC(NC(=O)c3ccccc3)CO2)ccc2c1C(C(=O)NCC(F)(F)F)c1ccccc1-2. The van der Waals surface area contributed by atoms with Crippen molar-refractivity contribution in [2.45, 2.75) is 44.3 Å². The normalized spacial score (nSPS) is 21.6. The molecule has 5 rings (SSSR count). The summed E-state index contributed by atoms with van der Waals surface area (Å²) in [6.07, 6.45) is -2.66. The summed E-state index contributed by atoms with van der Waals surface area (Å²) >= 11 is 0. The number of fused-ring (bicyclic) bond motifs is 3. The van der Waals surface area contributed by atoms with Gasteiger partial charge in [-0.05, 0) is 58.9 Å². The summed E-state index contributed by atoms with van der Waals surface area (Å²) in [4.78, 5) is 25.9. The van der Waals surface area contributed by atoms with Crippen molar-refractivity contribution in [3.8, 4) is 11.1 Å². The number of carbonyl (C=O) groups excluding carboxylic acids is 2. The van der Waals surface area contributed by atoms with E-state index in [4.69, 9.17) is 9.05 Å². The Morgan fingerprint density at radius 3 is 2.32 bits per heavy atom. The molecule has 2 N–H and O–H groups in total. The quantitative estimate of drug-likeness (QED) is 0.341. The molecule has 1 heterocycles. The van der Waals surface area contributed by atoms with Crippen LogP contribution in [-0.4, -0.2) is 43.8 Å². The minimum atomic E-state index is -4.57. The fourth-order valence-electron chi connectivity index (χ4n) is 5.34. The summed E-state index contributed by atoms with van der Waals surface area (Å²) in [6, 6.07) is 18.6. The molecule has 0 radical (unpaired) electrons. The molecule has 0 aromatic heterocycles. The van der Waals surface area contributed by atoms with Gasteiger partial charge in [0.05, 0.1) is 30.5 Å². The highest BCUT2D eigenvalue weighted by molar-refractivity contribution is 7.62. The van der Waals surface area contributed by atoms with Crippen LogP contribution in [-0.2, 0) is 24.8 Å². The first-order valence-corrected chi connectivity index (χ1v) is 15.0. The smallest absolute Gasteiger partial charge is 0.346 e. The van der Waals surface area contributed by atoms with E-state index in [0.717, 1.165) is 12.0 Å². The largest absolute Gasteiger partial charge is 0.405 e. The second-order valence-electron chi connectivity index (χ2n) is 10.1. The number of nitrogens with one attached hydrogen (secondary N) is 2. The molecule has 7 nitrogen and oxygen atoms in total. The summed E-state index contributed by atoms with van der Waals surface area (Å²) in [6.45, 7) is 0.414. The maximum Gasteiger partial charge on any atom is 0.405 e. The van der Waals surface area contributed by atoms with Gasteiger partial charge < -0.3 is 19.7 Å². The van der Waals surface area contributed by atoms with E-state index in [0.29, 0.717) is 46.0 Å². The predicted octanol–water partition coefficient (Wildman–Crippen LogP) is 5.48. The molecule has 1 atom stereocenters. The molecule has 216 valence electrons. The van der Waals surface area contributed by atoms with Crippen molar-refractivity contribution in [1.29, 1.82) is 0 Å². The van der Waals surface area contributed by atoms with Gasteiger partial charge in [0.15, 0.2) is 0 Å². The first-order valence-electron chi connectivity index (χ1n) is 13.5. The Balaban J connectivity index is 1.47. The topological polar surface area (TPSA) is 93.7 Å². The Labute approximate surface area is 236 Å². The minimum absolute atomic E-state index is 0.0596. The molecular formula is C30H30F3N2O5P. The average Bonchev–Trinajstić information content (AvgIpc) is 3.31. The fraction of sp³-hybridized carbons (Fsp3) is 0.333. The third-order valence-electron chi connectivity index (χ3n) is 7.25. The van der Waals surface area contributed by atoms with E-state index in [1.54, 1.807) is 60.7 Å². The predicted molar refractivity (Wildman–Crippen MR) is 148 cm³/mol. The van der Waals surface area contributed by atoms with Crippen LogP contribution in [0.4, 0.5) is 13.2 Å². The van der Waals surface area contributed by atoms with Crippen molar-refractivity contribution < 1.29 is 36.4 Å². The lowest BCUT2D eigenvalue weighted by Crippen LogP contribution is -2.44. The molecule has 3 aromatic carbocycles. The number of rotatable bonds is 8. The van der Waals surface area contributed by atoms with Crippen LogP contribution in [0.1, 0.15) is 52.7 Å². The van der Waals surface area contributed by atoms with Crippen molar-refractivity contribution in [2.24, 2.45) is 0 Å². The van der Waals surface area contributed by atoms with Crippen LogP contribution in [0.3, 0.4) is 0 Å². The lowest BCUT2D eigenvalue weighted by Gasteiger charge is -2.31. The molecule has 1 fully saturated rings. The molecule has 11 heteroatoms. The van der Waals surface area contributed by atoms with Gasteiger partial charge in [0, 0.05) is 5.56 Å². The Kier molecular flexibility index (Phi) is 8.36. The number of unbranched alkanes of at least 4 members (excludes halogenated alkanes) is 1. The van der Waals surface area contributed by atoms with Crippen LogP contribution in [0.2, 0.25) is 0 Å². The van der Waals surface area contributed by atoms with Crippen LogP contribution < -0.4 is 15.9 Å². The first kappa shape index (κ1) is 29.0. The van der Waals surface area contributed by atoms with Gasteiger partial charge in [0.1, 0.15) is 6.54 Å². The van der Waals surface area contributed by atoms with Crippen LogP contribution >= 0.6 is 7.60 Å². The lowest BCUT2D eigenvalue weighted by atomic mass is 9.90. The molecule has 0 saturated carbocycles. The average molecular weight is 587 g/mol. The number of carbonyl (C=O) groups is 2. The molecule has 1 unspecified atom stereocenters. The van der Waals surface area contributed by atoms with Crippen molar-refractivity contribution in [2.75, 3.05) is 19.8 Å². The van der Waals surface area contributed by atoms with E-state index in [2.05, 4.69) is 5.32 Å². The Morgan fingerprint density at radius 2 is 1.63 bits per heavy atom. The monoisotopic (exact) mass is 586 g/mol. The molecule has 0 spiro atoms. The highest BCUT2D eigenvalue weighted by atomic mass is 31.2. The van der Waals surface area contributed by atoms with Gasteiger partial charge >= 0.3 is 13.8 Å². The number of benzene rings is 3. The second kappa shape index (κ2) is 11.8. The number of hydrogen-bond acceptors (Lipinski definition) is 5. The van der Waals surface area contributed by atoms with Gasteiger partial charge in [-0.1, -0.05) is 61.9 Å². The standard InChI is InChI=1S/C30H30F3N2O5P/c1-2-3-11-24-25(41(38)39-16-20(17-40-41)35-28(36)19-9-5-4-6-10-19)15-14-23-21-12-7-8-13-22(21)27(26(23)24)29(37)34-18-30(31,32)33/h4-10,12-15,20,27H,2-3,11,16-18H2,1H3,(H,34,37)(H,35,36). The summed E-state index contributed by atoms with van der Waals surface area (Å²) in [5.74, 6) is -2.10. The molecule has 1 saturated heterocycles. The number of halogens is 3. The first-order chi connectivity index (χ1) is 19.6. The summed E-state index contributed by atoms with van der Waals surface area (Å²) < 4.78 is 64.7. The van der Waals surface area contributed by atoms with Crippen molar-refractivity contribution >= 4 is 24.7 Å². The minimum Gasteiger partial charge on any atom is -0.346 e. The van der Waals surface area contributed by atoms with Crippen molar-refractivity contribution in [3.05, 3.63) is 89.0 Å². The van der Waals surface area contributed by atoms with Gasteiger partial charge in [0.2, 0.25) is 5.91 Å². The van der Waals surface area contributed by atoms with E-state index >= 15 is 0 Å².